The van der Waals surface area contributed by atoms with E-state index in [-0.39, 0.29) is 6.61 Å². The van der Waals surface area contributed by atoms with Crippen molar-refractivity contribution < 1.29 is 13.5 Å². The lowest BCUT2D eigenvalue weighted by Crippen LogP contribution is -2.09. The molecule has 0 N–H and O–H groups in total. The zero-order valence-electron chi connectivity index (χ0n) is 8.28. The lowest BCUT2D eigenvalue weighted by molar-refractivity contribution is 0.0379. The van der Waals surface area contributed by atoms with Crippen LogP contribution < -0.4 is 0 Å². The third-order valence-corrected chi connectivity index (χ3v) is 1.64. The zero-order valence-corrected chi connectivity index (χ0v) is 8.28. The van der Waals surface area contributed by atoms with E-state index in [1.165, 1.54) is 12.3 Å². The molecule has 0 fully saturated rings. The van der Waals surface area contributed by atoms with Gasteiger partial charge in [-0.1, -0.05) is 13.8 Å². The number of alkyl halides is 2. The molecule has 5 heteroatoms. The minimum Gasteiger partial charge on any atom is -0.375 e. The zero-order chi connectivity index (χ0) is 10.6. The topological polar surface area (TPSA) is 27.1 Å². The Balaban J connectivity index is 2.46. The smallest absolute Gasteiger partial charge is 0.333 e. The minimum atomic E-state index is -2.59. The lowest BCUT2D eigenvalue weighted by Gasteiger charge is -2.08. The van der Waals surface area contributed by atoms with E-state index in [4.69, 9.17) is 4.74 Å². The van der Waals surface area contributed by atoms with Crippen molar-refractivity contribution >= 4 is 0 Å². The monoisotopic (exact) mass is 204 g/mol. The molecule has 0 atom stereocenters. The van der Waals surface area contributed by atoms with Crippen molar-refractivity contribution in [1.82, 2.24) is 9.78 Å². The maximum atomic E-state index is 12.3. The third kappa shape index (κ3) is 3.06. The van der Waals surface area contributed by atoms with Crippen LogP contribution in [0.3, 0.4) is 0 Å². The van der Waals surface area contributed by atoms with Crippen molar-refractivity contribution in [2.45, 2.75) is 27.0 Å². The fourth-order valence-corrected chi connectivity index (χ4v) is 1.03. The molecule has 1 aromatic rings. The van der Waals surface area contributed by atoms with Crippen LogP contribution >= 0.6 is 0 Å². The summed E-state index contributed by atoms with van der Waals surface area (Å²) in [5.41, 5.74) is 0.403. The molecule has 0 aliphatic carbocycles. The van der Waals surface area contributed by atoms with Crippen LogP contribution in [0, 0.1) is 5.92 Å². The molecule has 1 heterocycles. The van der Waals surface area contributed by atoms with Gasteiger partial charge in [-0.25, -0.2) is 4.68 Å². The average Bonchev–Trinajstić information content (AvgIpc) is 2.51. The first-order chi connectivity index (χ1) is 6.61. The third-order valence-electron chi connectivity index (χ3n) is 1.64. The van der Waals surface area contributed by atoms with Crippen molar-refractivity contribution in [2.75, 3.05) is 6.61 Å². The molecule has 3 nitrogen and oxygen atoms in total. The van der Waals surface area contributed by atoms with Gasteiger partial charge in [-0.15, -0.1) is 0 Å². The number of hydrogen-bond donors (Lipinski definition) is 0. The van der Waals surface area contributed by atoms with Crippen LogP contribution in [0.15, 0.2) is 12.3 Å². The fourth-order valence-electron chi connectivity index (χ4n) is 1.03. The second kappa shape index (κ2) is 5.05. The van der Waals surface area contributed by atoms with E-state index >= 15 is 0 Å². The summed E-state index contributed by atoms with van der Waals surface area (Å²) in [6, 6.07) is 1.53. The molecule has 1 aromatic heterocycles. The Bertz CT molecular complexity index is 274. The molecule has 0 aromatic carbocycles. The molecule has 14 heavy (non-hydrogen) atoms. The molecular weight excluding hydrogens is 190 g/mol. The molecule has 0 unspecified atom stereocenters. The first-order valence-electron chi connectivity index (χ1n) is 4.49. The van der Waals surface area contributed by atoms with Gasteiger partial charge in [0.1, 0.15) is 0 Å². The van der Waals surface area contributed by atoms with Crippen molar-refractivity contribution in [2.24, 2.45) is 5.92 Å². The summed E-state index contributed by atoms with van der Waals surface area (Å²) in [6.45, 7) is 2.16. The fraction of sp³-hybridized carbons (Fsp3) is 0.667. The average molecular weight is 204 g/mol. The summed E-state index contributed by atoms with van der Waals surface area (Å²) in [5.74, 6) is 0.401. The Kier molecular flexibility index (Phi) is 4.00. The van der Waals surface area contributed by atoms with Gasteiger partial charge in [0.25, 0.3) is 0 Å². The number of rotatable bonds is 5. The molecule has 80 valence electrons. The van der Waals surface area contributed by atoms with Gasteiger partial charge in [0, 0.05) is 12.8 Å². The van der Waals surface area contributed by atoms with E-state index in [2.05, 4.69) is 5.10 Å². The molecule has 1 rings (SSSR count). The van der Waals surface area contributed by atoms with Gasteiger partial charge in [-0.3, -0.25) is 0 Å². The lowest BCUT2D eigenvalue weighted by atomic mass is 10.2. The largest absolute Gasteiger partial charge is 0.375 e. The first-order valence-corrected chi connectivity index (χ1v) is 4.49. The van der Waals surface area contributed by atoms with Crippen LogP contribution in [0.25, 0.3) is 0 Å². The molecule has 0 bridgehead atoms. The standard InChI is InChI=1S/C9H14F2N2O/c1-7(2)5-14-6-8-3-4-12-13(8)9(10)11/h3-4,7,9H,5-6H2,1-2H3. The second-order valence-electron chi connectivity index (χ2n) is 3.45. The number of halogens is 2. The van der Waals surface area contributed by atoms with Crippen molar-refractivity contribution in [1.29, 1.82) is 0 Å². The molecule has 0 aliphatic heterocycles. The predicted octanol–water partition coefficient (Wildman–Crippen LogP) is 2.45. The molecule has 0 radical (unpaired) electrons. The van der Waals surface area contributed by atoms with Crippen LogP contribution in [0.5, 0.6) is 0 Å². The molecule has 0 aliphatic rings. The highest BCUT2D eigenvalue weighted by molar-refractivity contribution is 4.98. The van der Waals surface area contributed by atoms with Crippen molar-refractivity contribution in [3.8, 4) is 0 Å². The highest BCUT2D eigenvalue weighted by atomic mass is 19.3. The van der Waals surface area contributed by atoms with Crippen LogP contribution in [0.1, 0.15) is 26.1 Å². The Morgan fingerprint density at radius 2 is 2.21 bits per heavy atom. The summed E-state index contributed by atoms with van der Waals surface area (Å²) in [5, 5.41) is 3.50. The van der Waals surface area contributed by atoms with E-state index in [9.17, 15) is 8.78 Å². The highest BCUT2D eigenvalue weighted by Gasteiger charge is 2.11. The Morgan fingerprint density at radius 1 is 1.50 bits per heavy atom. The molecule has 0 saturated carbocycles. The molecule has 0 saturated heterocycles. The normalized spacial score (nSPS) is 11.6. The molecular formula is C9H14F2N2O. The quantitative estimate of drug-likeness (QED) is 0.736. The van der Waals surface area contributed by atoms with Crippen molar-refractivity contribution in [3.63, 3.8) is 0 Å². The summed E-state index contributed by atoms with van der Waals surface area (Å²) >= 11 is 0. The van der Waals surface area contributed by atoms with Gasteiger partial charge >= 0.3 is 6.55 Å². The Labute approximate surface area is 81.7 Å². The summed E-state index contributed by atoms with van der Waals surface area (Å²) in [6.07, 6.45) is 1.35. The van der Waals surface area contributed by atoms with Crippen LogP contribution in [0.4, 0.5) is 8.78 Å². The summed E-state index contributed by atoms with van der Waals surface area (Å²) in [7, 11) is 0. The van der Waals surface area contributed by atoms with E-state index in [1.54, 1.807) is 0 Å². The first kappa shape index (κ1) is 11.1. The van der Waals surface area contributed by atoms with Gasteiger partial charge in [-0.2, -0.15) is 13.9 Å². The van der Waals surface area contributed by atoms with E-state index < -0.39 is 6.55 Å². The number of hydrogen-bond acceptors (Lipinski definition) is 2. The van der Waals surface area contributed by atoms with E-state index in [0.29, 0.717) is 22.9 Å². The summed E-state index contributed by atoms with van der Waals surface area (Å²) < 4.78 is 30.5. The minimum absolute atomic E-state index is 0.183. The van der Waals surface area contributed by atoms with E-state index in [0.717, 1.165) is 0 Å². The van der Waals surface area contributed by atoms with Crippen molar-refractivity contribution in [3.05, 3.63) is 18.0 Å². The number of nitrogens with zero attached hydrogens (tertiary/aromatic N) is 2. The van der Waals surface area contributed by atoms with E-state index in [1.807, 2.05) is 13.8 Å². The van der Waals surface area contributed by atoms with Gasteiger partial charge in [0.2, 0.25) is 0 Å². The maximum Gasteiger partial charge on any atom is 0.333 e. The van der Waals surface area contributed by atoms with Crippen LogP contribution in [0.2, 0.25) is 0 Å². The van der Waals surface area contributed by atoms with Crippen LogP contribution in [-0.2, 0) is 11.3 Å². The van der Waals surface area contributed by atoms with Gasteiger partial charge in [0.15, 0.2) is 0 Å². The van der Waals surface area contributed by atoms with Crippen LogP contribution in [-0.4, -0.2) is 16.4 Å². The number of ether oxygens (including phenoxy) is 1. The molecule has 0 spiro atoms. The SMILES string of the molecule is CC(C)COCc1ccnn1C(F)F. The number of aromatic nitrogens is 2. The second-order valence-corrected chi connectivity index (χ2v) is 3.45. The van der Waals surface area contributed by atoms with Gasteiger partial charge < -0.3 is 4.74 Å². The Morgan fingerprint density at radius 3 is 2.79 bits per heavy atom. The predicted molar refractivity (Wildman–Crippen MR) is 48.0 cm³/mol. The highest BCUT2D eigenvalue weighted by Crippen LogP contribution is 2.12. The van der Waals surface area contributed by atoms with Gasteiger partial charge in [0.05, 0.1) is 12.3 Å². The van der Waals surface area contributed by atoms with Gasteiger partial charge in [-0.05, 0) is 12.0 Å². The summed E-state index contributed by atoms with van der Waals surface area (Å²) in [4.78, 5) is 0. The maximum absolute atomic E-state index is 12.3. The molecule has 0 amide bonds. The Hall–Kier alpha value is -0.970.